The third kappa shape index (κ3) is 3.42. The topological polar surface area (TPSA) is 131 Å². The molecule has 11 heteroatoms. The molecule has 0 aliphatic heterocycles. The Hall–Kier alpha value is -2.10. The predicted octanol–water partition coefficient (Wildman–Crippen LogP) is 2.87. The Morgan fingerprint density at radius 2 is 2.08 bits per heavy atom. The van der Waals surface area contributed by atoms with Crippen molar-refractivity contribution in [1.29, 1.82) is 4.78 Å². The fraction of sp³-hybridized carbons (Fsp3) is 0.267. The van der Waals surface area contributed by atoms with Crippen LogP contribution in [0.3, 0.4) is 0 Å². The van der Waals surface area contributed by atoms with E-state index in [0.717, 1.165) is 0 Å². The molecule has 3 rings (SSSR count). The van der Waals surface area contributed by atoms with Gasteiger partial charge in [-0.25, -0.2) is 18.8 Å². The number of nitrogens with one attached hydrogen (secondary N) is 2. The zero-order valence-corrected chi connectivity index (χ0v) is 16.1. The van der Waals surface area contributed by atoms with E-state index in [2.05, 4.69) is 15.0 Å². The summed E-state index contributed by atoms with van der Waals surface area (Å²) in [4.78, 5) is 23.1. The minimum absolute atomic E-state index is 0.0286. The van der Waals surface area contributed by atoms with Crippen LogP contribution < -0.4 is 11.4 Å². The lowest BCUT2D eigenvalue weighted by molar-refractivity contribution is 0.665. The molecule has 0 saturated carbocycles. The van der Waals surface area contributed by atoms with E-state index in [1.165, 1.54) is 4.57 Å². The van der Waals surface area contributed by atoms with Crippen LogP contribution in [0.15, 0.2) is 28.2 Å². The molecule has 4 N–H and O–H groups in total. The first-order valence-electron chi connectivity index (χ1n) is 7.69. The third-order valence-corrected chi connectivity index (χ3v) is 6.10. The molecule has 1 unspecified atom stereocenters. The number of hydrogen-bond donors (Lipinski definition) is 3. The number of hydrogen-bond acceptors (Lipinski definition) is 6. The normalized spacial score (nSPS) is 13.8. The zero-order valence-electron chi connectivity index (χ0n) is 13.8. The summed E-state index contributed by atoms with van der Waals surface area (Å²) in [6.07, 6.45) is 0.532. The fourth-order valence-electron chi connectivity index (χ4n) is 2.52. The predicted molar refractivity (Wildman–Crippen MR) is 102 cm³/mol. The lowest BCUT2D eigenvalue weighted by Crippen LogP contribution is -2.18. The third-order valence-electron chi connectivity index (χ3n) is 3.76. The van der Waals surface area contributed by atoms with Gasteiger partial charge < -0.3 is 10.7 Å². The van der Waals surface area contributed by atoms with E-state index in [4.69, 9.17) is 33.7 Å². The van der Waals surface area contributed by atoms with Crippen LogP contribution in [0.5, 0.6) is 0 Å². The lowest BCUT2D eigenvalue weighted by Gasteiger charge is -2.08. The second kappa shape index (κ2) is 6.90. The summed E-state index contributed by atoms with van der Waals surface area (Å²) in [5.41, 5.74) is 6.49. The van der Waals surface area contributed by atoms with Gasteiger partial charge in [0.25, 0.3) is 0 Å². The number of anilines is 1. The highest BCUT2D eigenvalue weighted by atomic mass is 35.5. The molecule has 0 radical (unpaired) electrons. The van der Waals surface area contributed by atoms with E-state index in [1.807, 2.05) is 6.92 Å². The Balaban J connectivity index is 2.18. The van der Waals surface area contributed by atoms with E-state index in [-0.39, 0.29) is 34.4 Å². The molecular weight excluding hydrogens is 399 g/mol. The van der Waals surface area contributed by atoms with Crippen LogP contribution in [-0.2, 0) is 16.3 Å². The first-order valence-corrected chi connectivity index (χ1v) is 10.2. The lowest BCUT2D eigenvalue weighted by atomic mass is 10.2. The SMILES string of the molecule is CCCS(=N)(=O)c1nc(N)c2[nH]c(=O)n(Cc3ccc(Cl)cc3Cl)c2n1. The summed E-state index contributed by atoms with van der Waals surface area (Å²) in [6.45, 7) is 1.92. The van der Waals surface area contributed by atoms with Crippen molar-refractivity contribution in [2.45, 2.75) is 25.0 Å². The number of rotatable bonds is 5. The van der Waals surface area contributed by atoms with Crippen molar-refractivity contribution in [2.24, 2.45) is 0 Å². The molecule has 0 fully saturated rings. The number of nitrogens with zero attached hydrogens (tertiary/aromatic N) is 3. The molecule has 8 nitrogen and oxygen atoms in total. The molecule has 138 valence electrons. The smallest absolute Gasteiger partial charge is 0.328 e. The number of halogens is 2. The summed E-state index contributed by atoms with van der Waals surface area (Å²) < 4.78 is 21.8. The van der Waals surface area contributed by atoms with Crippen molar-refractivity contribution in [1.82, 2.24) is 19.5 Å². The molecule has 0 aliphatic carbocycles. The van der Waals surface area contributed by atoms with Crippen LogP contribution >= 0.6 is 23.2 Å². The summed E-state index contributed by atoms with van der Waals surface area (Å²) >= 11 is 12.1. The van der Waals surface area contributed by atoms with Crippen molar-refractivity contribution in [3.05, 3.63) is 44.3 Å². The molecule has 3 aromatic rings. The Morgan fingerprint density at radius 1 is 1.35 bits per heavy atom. The molecule has 1 atom stereocenters. The van der Waals surface area contributed by atoms with Crippen molar-refractivity contribution in [3.8, 4) is 0 Å². The number of nitrogen functional groups attached to an aromatic ring is 1. The van der Waals surface area contributed by atoms with Crippen molar-refractivity contribution >= 4 is 49.9 Å². The number of H-pyrrole nitrogens is 1. The molecule has 0 aliphatic rings. The summed E-state index contributed by atoms with van der Waals surface area (Å²) in [5, 5.41) is 0.697. The van der Waals surface area contributed by atoms with Crippen LogP contribution in [0.2, 0.25) is 10.0 Å². The summed E-state index contributed by atoms with van der Waals surface area (Å²) in [6, 6.07) is 4.94. The monoisotopic (exact) mass is 414 g/mol. The Kier molecular flexibility index (Phi) is 4.96. The van der Waals surface area contributed by atoms with Crippen molar-refractivity contribution in [2.75, 3.05) is 11.5 Å². The minimum atomic E-state index is -3.19. The standard InChI is InChI=1S/C15H16Cl2N6O2S/c1-2-5-26(19,25)14-21-12(18)11-13(22-14)23(15(24)20-11)7-8-3-4-9(16)6-10(8)17/h3-4,6,19H,2,5,7H2,1H3,(H,20,24)(H2,18,21,22). The molecule has 0 amide bonds. The molecule has 0 saturated heterocycles. The molecule has 1 aromatic carbocycles. The van der Waals surface area contributed by atoms with E-state index >= 15 is 0 Å². The van der Waals surface area contributed by atoms with Gasteiger partial charge in [-0.2, -0.15) is 4.98 Å². The van der Waals surface area contributed by atoms with Gasteiger partial charge in [-0.1, -0.05) is 36.2 Å². The van der Waals surface area contributed by atoms with E-state index < -0.39 is 15.4 Å². The largest absolute Gasteiger partial charge is 0.382 e. The van der Waals surface area contributed by atoms with Gasteiger partial charge in [0.1, 0.15) is 15.2 Å². The van der Waals surface area contributed by atoms with Crippen LogP contribution in [0.4, 0.5) is 5.82 Å². The molecule has 2 heterocycles. The minimum Gasteiger partial charge on any atom is -0.382 e. The van der Waals surface area contributed by atoms with E-state index in [0.29, 0.717) is 22.0 Å². The van der Waals surface area contributed by atoms with Gasteiger partial charge >= 0.3 is 5.69 Å². The fourth-order valence-corrected chi connectivity index (χ4v) is 4.23. The average Bonchev–Trinajstić information content (AvgIpc) is 2.87. The molecule has 2 aromatic heterocycles. The number of imidazole rings is 1. The van der Waals surface area contributed by atoms with Crippen LogP contribution in [-0.4, -0.2) is 29.5 Å². The van der Waals surface area contributed by atoms with Crippen LogP contribution in [0.1, 0.15) is 18.9 Å². The second-order valence-electron chi connectivity index (χ2n) is 5.72. The first kappa shape index (κ1) is 18.7. The maximum Gasteiger partial charge on any atom is 0.328 e. The van der Waals surface area contributed by atoms with Crippen LogP contribution in [0.25, 0.3) is 11.2 Å². The molecule has 26 heavy (non-hydrogen) atoms. The highest BCUT2D eigenvalue weighted by Gasteiger charge is 2.20. The van der Waals surface area contributed by atoms with E-state index in [9.17, 15) is 9.00 Å². The molecule has 0 spiro atoms. The van der Waals surface area contributed by atoms with E-state index in [1.54, 1.807) is 18.2 Å². The number of aromatic nitrogens is 4. The van der Waals surface area contributed by atoms with Gasteiger partial charge in [-0.3, -0.25) is 4.57 Å². The van der Waals surface area contributed by atoms with Gasteiger partial charge in [0.05, 0.1) is 6.54 Å². The first-order chi connectivity index (χ1) is 12.2. The molecule has 0 bridgehead atoms. The highest BCUT2D eigenvalue weighted by molar-refractivity contribution is 7.92. The Bertz CT molecular complexity index is 1150. The van der Waals surface area contributed by atoms with Crippen molar-refractivity contribution < 1.29 is 4.21 Å². The maximum atomic E-state index is 12.5. The van der Waals surface area contributed by atoms with Gasteiger partial charge in [-0.05, 0) is 24.1 Å². The summed E-state index contributed by atoms with van der Waals surface area (Å²) in [7, 11) is -3.19. The van der Waals surface area contributed by atoms with Crippen molar-refractivity contribution in [3.63, 3.8) is 0 Å². The van der Waals surface area contributed by atoms with Gasteiger partial charge in [0.2, 0.25) is 5.16 Å². The maximum absolute atomic E-state index is 12.5. The second-order valence-corrected chi connectivity index (χ2v) is 8.69. The van der Waals surface area contributed by atoms with Crippen LogP contribution in [0, 0.1) is 4.78 Å². The van der Waals surface area contributed by atoms with Gasteiger partial charge in [0, 0.05) is 15.8 Å². The Morgan fingerprint density at radius 3 is 2.73 bits per heavy atom. The number of nitrogens with two attached hydrogens (primary N) is 1. The number of aromatic amines is 1. The highest BCUT2D eigenvalue weighted by Crippen LogP contribution is 2.23. The quantitative estimate of drug-likeness (QED) is 0.552. The number of benzene rings is 1. The van der Waals surface area contributed by atoms with Gasteiger partial charge in [-0.15, -0.1) is 0 Å². The molecular formula is C15H16Cl2N6O2S. The summed E-state index contributed by atoms with van der Waals surface area (Å²) in [5.74, 6) is 0.0782. The van der Waals surface area contributed by atoms with Gasteiger partial charge in [0.15, 0.2) is 11.5 Å². The average molecular weight is 415 g/mol. The Labute approximate surface area is 159 Å². The zero-order chi connectivity index (χ0) is 19.1. The number of fused-ring (bicyclic) bond motifs is 1.